The van der Waals surface area contributed by atoms with Crippen molar-refractivity contribution in [2.75, 3.05) is 6.54 Å². The van der Waals surface area contributed by atoms with Gasteiger partial charge in [-0.25, -0.2) is 4.79 Å². The Morgan fingerprint density at radius 2 is 1.65 bits per heavy atom. The number of ether oxygens (including phenoxy) is 1. The number of fused-ring (bicyclic) bond motifs is 1. The van der Waals surface area contributed by atoms with Crippen LogP contribution in [0.4, 0.5) is 4.79 Å². The van der Waals surface area contributed by atoms with Crippen LogP contribution < -0.4 is 16.4 Å². The van der Waals surface area contributed by atoms with E-state index in [0.29, 0.717) is 6.42 Å². The van der Waals surface area contributed by atoms with E-state index in [1.807, 2.05) is 0 Å². The van der Waals surface area contributed by atoms with Crippen molar-refractivity contribution in [2.45, 2.75) is 95.3 Å². The Morgan fingerprint density at radius 3 is 2.11 bits per heavy atom. The van der Waals surface area contributed by atoms with Gasteiger partial charge in [0.05, 0.1) is 6.04 Å². The molecule has 0 radical (unpaired) electrons. The molecule has 0 aromatic heterocycles. The van der Waals surface area contributed by atoms with Gasteiger partial charge in [-0.15, -0.1) is 23.2 Å². The quantitative estimate of drug-likeness (QED) is 0.306. The van der Waals surface area contributed by atoms with Crippen LogP contribution in [0.5, 0.6) is 0 Å². The standard InChI is InChI=1S/C25H38Cl2N4O6/c1-23(2,3)18(30-22(36)37-24(4,5)6)21(35)31-11-13-15(25(13,26)27)16(31)20(34)29-14(17(32)19(28)33)10-12-8-7-9-12/h12-16,18H,7-11H2,1-6H3,(H2,28,33)(H,29,34)(H,30,36)/t13?,14?,15-,16-,18+/m0/s1. The zero-order valence-corrected chi connectivity index (χ0v) is 23.7. The molecule has 2 saturated carbocycles. The number of rotatable bonds is 8. The number of piperidine rings is 1. The number of amides is 4. The van der Waals surface area contributed by atoms with Gasteiger partial charge in [-0.05, 0) is 38.5 Å². The number of hydrogen-bond acceptors (Lipinski definition) is 6. The molecule has 37 heavy (non-hydrogen) atoms. The lowest BCUT2D eigenvalue weighted by atomic mass is 9.80. The summed E-state index contributed by atoms with van der Waals surface area (Å²) >= 11 is 12.9. The zero-order chi connectivity index (χ0) is 28.1. The maximum atomic E-state index is 13.8. The molecule has 10 nitrogen and oxygen atoms in total. The van der Waals surface area contributed by atoms with Crippen molar-refractivity contribution in [2.24, 2.45) is 28.9 Å². The Morgan fingerprint density at radius 1 is 1.05 bits per heavy atom. The molecule has 4 N–H and O–H groups in total. The third-order valence-electron chi connectivity index (χ3n) is 7.33. The molecule has 0 spiro atoms. The maximum Gasteiger partial charge on any atom is 0.408 e. The highest BCUT2D eigenvalue weighted by atomic mass is 35.5. The predicted octanol–water partition coefficient (Wildman–Crippen LogP) is 2.29. The van der Waals surface area contributed by atoms with E-state index in [-0.39, 0.29) is 18.4 Å². The smallest absolute Gasteiger partial charge is 0.408 e. The van der Waals surface area contributed by atoms with E-state index in [2.05, 4.69) is 10.6 Å². The monoisotopic (exact) mass is 560 g/mol. The van der Waals surface area contributed by atoms with Gasteiger partial charge in [-0.3, -0.25) is 19.2 Å². The molecule has 2 unspecified atom stereocenters. The maximum absolute atomic E-state index is 13.8. The van der Waals surface area contributed by atoms with Crippen LogP contribution in [0.15, 0.2) is 0 Å². The third-order valence-corrected chi connectivity index (χ3v) is 8.39. The summed E-state index contributed by atoms with van der Waals surface area (Å²) in [4.78, 5) is 65.4. The lowest BCUT2D eigenvalue weighted by molar-refractivity contribution is -0.144. The Labute approximate surface area is 227 Å². The highest BCUT2D eigenvalue weighted by Gasteiger charge is 2.74. The first-order chi connectivity index (χ1) is 16.8. The molecule has 0 aromatic rings. The second-order valence-corrected chi connectivity index (χ2v) is 14.0. The molecule has 0 aromatic carbocycles. The van der Waals surface area contributed by atoms with Crippen LogP contribution in [0.3, 0.4) is 0 Å². The molecule has 12 heteroatoms. The minimum absolute atomic E-state index is 0.105. The second kappa shape index (κ2) is 10.2. The fourth-order valence-corrected chi connectivity index (χ4v) is 5.92. The number of likely N-dealkylation sites (tertiary alicyclic amines) is 1. The number of alkyl halides is 2. The van der Waals surface area contributed by atoms with E-state index in [1.54, 1.807) is 41.5 Å². The summed E-state index contributed by atoms with van der Waals surface area (Å²) in [5.74, 6) is -3.85. The summed E-state index contributed by atoms with van der Waals surface area (Å²) in [6.07, 6.45) is 2.34. The van der Waals surface area contributed by atoms with Gasteiger partial charge < -0.3 is 26.0 Å². The van der Waals surface area contributed by atoms with Gasteiger partial charge in [0, 0.05) is 18.4 Å². The van der Waals surface area contributed by atoms with E-state index in [9.17, 15) is 24.0 Å². The molecule has 0 bridgehead atoms. The first kappa shape index (κ1) is 29.5. The lowest BCUT2D eigenvalue weighted by Gasteiger charge is -2.37. The minimum Gasteiger partial charge on any atom is -0.444 e. The summed E-state index contributed by atoms with van der Waals surface area (Å²) in [5.41, 5.74) is 3.74. The van der Waals surface area contributed by atoms with Gasteiger partial charge >= 0.3 is 6.09 Å². The van der Waals surface area contributed by atoms with Crippen molar-refractivity contribution in [3.63, 3.8) is 0 Å². The number of halogens is 2. The molecule has 2 aliphatic carbocycles. The normalized spacial score (nSPS) is 26.3. The van der Waals surface area contributed by atoms with E-state index >= 15 is 0 Å². The molecular formula is C25H38Cl2N4O6. The number of primary amides is 1. The number of carbonyl (C=O) groups is 5. The number of carbonyl (C=O) groups excluding carboxylic acids is 5. The minimum atomic E-state index is -1.20. The van der Waals surface area contributed by atoms with Crippen LogP contribution in [-0.2, 0) is 23.9 Å². The third kappa shape index (κ3) is 6.50. The highest BCUT2D eigenvalue weighted by Crippen LogP contribution is 2.65. The zero-order valence-electron chi connectivity index (χ0n) is 22.2. The SMILES string of the molecule is CC(C)(C)OC(=O)N[C@H](C(=O)N1CC2[C@@H]([C@H]1C(=O)NC(CC1CCC1)C(=O)C(N)=O)C2(Cl)Cl)C(C)(C)C. The van der Waals surface area contributed by atoms with E-state index in [4.69, 9.17) is 33.7 Å². The fraction of sp³-hybridized carbons (Fsp3) is 0.800. The number of ketones is 1. The largest absolute Gasteiger partial charge is 0.444 e. The molecular weight excluding hydrogens is 523 g/mol. The highest BCUT2D eigenvalue weighted by molar-refractivity contribution is 6.51. The Balaban J connectivity index is 1.83. The van der Waals surface area contributed by atoms with Crippen molar-refractivity contribution < 1.29 is 28.7 Å². The molecule has 208 valence electrons. The van der Waals surface area contributed by atoms with Crippen LogP contribution in [0.2, 0.25) is 0 Å². The molecule has 1 aliphatic heterocycles. The first-order valence-corrected chi connectivity index (χ1v) is 13.4. The summed E-state index contributed by atoms with van der Waals surface area (Å²) in [7, 11) is 0. The number of alkyl carbamates (subject to hydrolysis) is 1. The molecule has 3 fully saturated rings. The fourth-order valence-electron chi connectivity index (χ4n) is 5.10. The molecule has 4 amide bonds. The summed E-state index contributed by atoms with van der Waals surface area (Å²) < 4.78 is 4.14. The molecule has 3 aliphatic rings. The average Bonchev–Trinajstić information content (AvgIpc) is 3.06. The predicted molar refractivity (Wildman–Crippen MR) is 138 cm³/mol. The number of nitrogens with two attached hydrogens (primary N) is 1. The van der Waals surface area contributed by atoms with Gasteiger partial charge in [0.25, 0.3) is 5.91 Å². The summed E-state index contributed by atoms with van der Waals surface area (Å²) in [6.45, 7) is 10.6. The van der Waals surface area contributed by atoms with Crippen molar-refractivity contribution in [1.29, 1.82) is 0 Å². The number of hydrogen-bond donors (Lipinski definition) is 3. The van der Waals surface area contributed by atoms with Crippen LogP contribution in [0.1, 0.15) is 67.2 Å². The molecule has 3 rings (SSSR count). The molecule has 5 atom stereocenters. The first-order valence-electron chi connectivity index (χ1n) is 12.7. The topological polar surface area (TPSA) is 148 Å². The summed E-state index contributed by atoms with van der Waals surface area (Å²) in [6, 6.07) is -3.20. The van der Waals surface area contributed by atoms with Crippen molar-refractivity contribution in [3.05, 3.63) is 0 Å². The van der Waals surface area contributed by atoms with Crippen LogP contribution in [-0.4, -0.2) is 69.1 Å². The van der Waals surface area contributed by atoms with E-state index < -0.39 is 69.0 Å². The number of nitrogens with one attached hydrogen (secondary N) is 2. The molecule has 1 heterocycles. The van der Waals surface area contributed by atoms with Crippen LogP contribution >= 0.6 is 23.2 Å². The Hall–Kier alpha value is -2.07. The van der Waals surface area contributed by atoms with E-state index in [1.165, 1.54) is 4.90 Å². The van der Waals surface area contributed by atoms with Gasteiger partial charge in [0.2, 0.25) is 17.6 Å². The van der Waals surface area contributed by atoms with Crippen molar-refractivity contribution in [1.82, 2.24) is 15.5 Å². The second-order valence-electron chi connectivity index (χ2n) is 12.5. The van der Waals surface area contributed by atoms with Gasteiger partial charge in [-0.1, -0.05) is 40.0 Å². The van der Waals surface area contributed by atoms with Gasteiger partial charge in [0.1, 0.15) is 22.0 Å². The Bertz CT molecular complexity index is 969. The average molecular weight is 562 g/mol. The lowest BCUT2D eigenvalue weighted by Crippen LogP contribution is -2.61. The summed E-state index contributed by atoms with van der Waals surface area (Å²) in [5, 5.41) is 5.31. The number of nitrogens with zero attached hydrogens (tertiary/aromatic N) is 1. The van der Waals surface area contributed by atoms with Crippen molar-refractivity contribution >= 4 is 52.8 Å². The van der Waals surface area contributed by atoms with E-state index in [0.717, 1.165) is 19.3 Å². The Kier molecular flexibility index (Phi) is 8.16. The van der Waals surface area contributed by atoms with Gasteiger partial charge in [0.15, 0.2) is 0 Å². The van der Waals surface area contributed by atoms with Crippen molar-refractivity contribution in [3.8, 4) is 0 Å². The van der Waals surface area contributed by atoms with Crippen LogP contribution in [0, 0.1) is 23.2 Å². The van der Waals surface area contributed by atoms with Crippen LogP contribution in [0.25, 0.3) is 0 Å². The number of Topliss-reactive ketones (excluding diaryl/α,β-unsaturated/α-hetero) is 1. The van der Waals surface area contributed by atoms with Gasteiger partial charge in [-0.2, -0.15) is 0 Å². The molecule has 1 saturated heterocycles.